The first-order valence-electron chi connectivity index (χ1n) is 12.2. The molecule has 6 aromatic carbocycles. The summed E-state index contributed by atoms with van der Waals surface area (Å²) in [4.78, 5) is 5.11. The van der Waals surface area contributed by atoms with Crippen LogP contribution in [0.5, 0.6) is 0 Å². The number of nitrogens with zero attached hydrogens (tertiary/aromatic N) is 2. The van der Waals surface area contributed by atoms with Gasteiger partial charge in [-0.15, -0.1) is 0 Å². The van der Waals surface area contributed by atoms with Crippen molar-refractivity contribution >= 4 is 54.5 Å². The lowest BCUT2D eigenvalue weighted by Gasteiger charge is -2.09. The van der Waals surface area contributed by atoms with Crippen LogP contribution in [0.1, 0.15) is 0 Å². The van der Waals surface area contributed by atoms with Gasteiger partial charge in [-0.3, -0.25) is 4.57 Å². The van der Waals surface area contributed by atoms with Crippen molar-refractivity contribution in [2.75, 3.05) is 0 Å². The average Bonchev–Trinajstić information content (AvgIpc) is 3.53. The summed E-state index contributed by atoms with van der Waals surface area (Å²) in [6, 6.07) is 42.2. The Hall–Kier alpha value is -4.89. The van der Waals surface area contributed by atoms with Gasteiger partial charge >= 0.3 is 0 Å². The van der Waals surface area contributed by atoms with Crippen LogP contribution in [0.25, 0.3) is 71.6 Å². The van der Waals surface area contributed by atoms with Crippen molar-refractivity contribution in [3.63, 3.8) is 0 Å². The first-order valence-corrected chi connectivity index (χ1v) is 12.2. The average molecular weight is 461 g/mol. The molecular formula is C33H20N2O. The highest BCUT2D eigenvalue weighted by Gasteiger charge is 2.21. The van der Waals surface area contributed by atoms with E-state index in [1.165, 1.54) is 16.2 Å². The van der Waals surface area contributed by atoms with Gasteiger partial charge < -0.3 is 4.42 Å². The Bertz CT molecular complexity index is 2100. The van der Waals surface area contributed by atoms with Crippen molar-refractivity contribution in [2.24, 2.45) is 0 Å². The SMILES string of the molecule is c1ccc(-n2c(-c3cccc4c3oc3c5ccccc5c5ccccc5c43)nc3ccccc32)cc1. The summed E-state index contributed by atoms with van der Waals surface area (Å²) in [5.74, 6) is 0.876. The lowest BCUT2D eigenvalue weighted by molar-refractivity contribution is 0.673. The molecule has 0 aliphatic rings. The van der Waals surface area contributed by atoms with Crippen LogP contribution in [0, 0.1) is 0 Å². The highest BCUT2D eigenvalue weighted by Crippen LogP contribution is 2.43. The van der Waals surface area contributed by atoms with Crippen LogP contribution >= 0.6 is 0 Å². The molecule has 168 valence electrons. The lowest BCUT2D eigenvalue weighted by Crippen LogP contribution is -1.97. The Balaban J connectivity index is 1.55. The van der Waals surface area contributed by atoms with Crippen LogP contribution in [0.2, 0.25) is 0 Å². The molecule has 0 unspecified atom stereocenters. The highest BCUT2D eigenvalue weighted by molar-refractivity contribution is 6.30. The van der Waals surface area contributed by atoms with E-state index in [9.17, 15) is 0 Å². The number of benzene rings is 6. The fraction of sp³-hybridized carbons (Fsp3) is 0. The Kier molecular flexibility index (Phi) is 3.94. The standard InChI is InChI=1S/C33H20N2O/c1-2-11-21(12-3-1)35-29-20-9-8-19-28(29)34-33(35)27-18-10-17-26-30-24-15-6-4-13-22(24)23-14-5-7-16-25(23)32(30)36-31(26)27/h1-20H. The highest BCUT2D eigenvalue weighted by atomic mass is 16.3. The third-order valence-electron chi connectivity index (χ3n) is 7.19. The topological polar surface area (TPSA) is 31.0 Å². The summed E-state index contributed by atoms with van der Waals surface area (Å²) in [6.45, 7) is 0. The van der Waals surface area contributed by atoms with Crippen LogP contribution in [0.3, 0.4) is 0 Å². The van der Waals surface area contributed by atoms with Crippen LogP contribution in [-0.4, -0.2) is 9.55 Å². The second kappa shape index (κ2) is 7.30. The molecular weight excluding hydrogens is 440 g/mol. The van der Waals surface area contributed by atoms with Crippen molar-refractivity contribution in [1.29, 1.82) is 0 Å². The van der Waals surface area contributed by atoms with Gasteiger partial charge in [0.2, 0.25) is 0 Å². The zero-order valence-electron chi connectivity index (χ0n) is 19.3. The number of fused-ring (bicyclic) bond motifs is 9. The molecule has 0 spiro atoms. The molecule has 8 rings (SSSR count). The number of imidazole rings is 1. The maximum Gasteiger partial charge on any atom is 0.149 e. The van der Waals surface area contributed by atoms with E-state index in [1.54, 1.807) is 0 Å². The van der Waals surface area contributed by atoms with Gasteiger partial charge in [0.25, 0.3) is 0 Å². The van der Waals surface area contributed by atoms with Gasteiger partial charge in [-0.2, -0.15) is 0 Å². The van der Waals surface area contributed by atoms with E-state index in [0.717, 1.165) is 55.4 Å². The van der Waals surface area contributed by atoms with Crippen molar-refractivity contribution in [1.82, 2.24) is 9.55 Å². The van der Waals surface area contributed by atoms with E-state index in [1.807, 2.05) is 12.1 Å². The monoisotopic (exact) mass is 460 g/mol. The van der Waals surface area contributed by atoms with Gasteiger partial charge in [0.05, 0.1) is 16.6 Å². The van der Waals surface area contributed by atoms with E-state index >= 15 is 0 Å². The van der Waals surface area contributed by atoms with Crippen molar-refractivity contribution in [3.05, 3.63) is 121 Å². The summed E-state index contributed by atoms with van der Waals surface area (Å²) in [5, 5.41) is 7.05. The zero-order chi connectivity index (χ0) is 23.6. The number of aromatic nitrogens is 2. The van der Waals surface area contributed by atoms with Gasteiger partial charge in [-0.1, -0.05) is 91.0 Å². The molecule has 0 aliphatic heterocycles. The minimum absolute atomic E-state index is 0.862. The molecule has 0 bridgehead atoms. The normalized spacial score (nSPS) is 11.9. The zero-order valence-corrected chi connectivity index (χ0v) is 19.3. The molecule has 0 radical (unpaired) electrons. The fourth-order valence-corrected chi connectivity index (χ4v) is 5.65. The molecule has 0 atom stereocenters. The Morgan fingerprint density at radius 2 is 1.14 bits per heavy atom. The summed E-state index contributed by atoms with van der Waals surface area (Å²) < 4.78 is 9.02. The minimum Gasteiger partial charge on any atom is -0.455 e. The van der Waals surface area contributed by atoms with Gasteiger partial charge in [0, 0.05) is 21.8 Å². The smallest absolute Gasteiger partial charge is 0.149 e. The fourth-order valence-electron chi connectivity index (χ4n) is 5.65. The quantitative estimate of drug-likeness (QED) is 0.241. The number of hydrogen-bond donors (Lipinski definition) is 0. The van der Waals surface area contributed by atoms with Crippen LogP contribution in [-0.2, 0) is 0 Å². The van der Waals surface area contributed by atoms with Crippen LogP contribution in [0.4, 0.5) is 0 Å². The Labute approximate surface area is 206 Å². The lowest BCUT2D eigenvalue weighted by atomic mass is 9.96. The van der Waals surface area contributed by atoms with E-state index in [4.69, 9.17) is 9.40 Å². The van der Waals surface area contributed by atoms with E-state index < -0.39 is 0 Å². The molecule has 2 aromatic heterocycles. The van der Waals surface area contributed by atoms with E-state index in [2.05, 4.69) is 114 Å². The Morgan fingerprint density at radius 1 is 0.500 bits per heavy atom. The van der Waals surface area contributed by atoms with E-state index in [0.29, 0.717) is 0 Å². The molecule has 3 nitrogen and oxygen atoms in total. The molecule has 0 saturated carbocycles. The maximum absolute atomic E-state index is 6.79. The predicted molar refractivity (Wildman–Crippen MR) is 149 cm³/mol. The molecule has 0 saturated heterocycles. The summed E-state index contributed by atoms with van der Waals surface area (Å²) >= 11 is 0. The van der Waals surface area contributed by atoms with Crippen molar-refractivity contribution in [2.45, 2.75) is 0 Å². The van der Waals surface area contributed by atoms with Gasteiger partial charge in [0.1, 0.15) is 17.0 Å². The molecule has 0 aliphatic carbocycles. The van der Waals surface area contributed by atoms with Crippen LogP contribution in [0.15, 0.2) is 126 Å². The minimum atomic E-state index is 0.862. The van der Waals surface area contributed by atoms with Crippen molar-refractivity contribution < 1.29 is 4.42 Å². The molecule has 36 heavy (non-hydrogen) atoms. The molecule has 3 heteroatoms. The van der Waals surface area contributed by atoms with E-state index in [-0.39, 0.29) is 0 Å². The number of rotatable bonds is 2. The van der Waals surface area contributed by atoms with Crippen LogP contribution < -0.4 is 0 Å². The molecule has 0 fully saturated rings. The number of hydrogen-bond acceptors (Lipinski definition) is 2. The second-order valence-electron chi connectivity index (χ2n) is 9.17. The largest absolute Gasteiger partial charge is 0.455 e. The third-order valence-corrected chi connectivity index (χ3v) is 7.19. The molecule has 0 N–H and O–H groups in total. The molecule has 2 heterocycles. The summed E-state index contributed by atoms with van der Waals surface area (Å²) in [5.41, 5.74) is 5.88. The van der Waals surface area contributed by atoms with Gasteiger partial charge in [-0.05, 0) is 46.5 Å². The molecule has 8 aromatic rings. The van der Waals surface area contributed by atoms with Gasteiger partial charge in [0.15, 0.2) is 0 Å². The first-order chi connectivity index (χ1) is 17.9. The molecule has 0 amide bonds. The second-order valence-corrected chi connectivity index (χ2v) is 9.17. The predicted octanol–water partition coefficient (Wildman–Crippen LogP) is 8.90. The number of furan rings is 1. The maximum atomic E-state index is 6.79. The summed E-state index contributed by atoms with van der Waals surface area (Å²) in [7, 11) is 0. The summed E-state index contributed by atoms with van der Waals surface area (Å²) in [6.07, 6.45) is 0. The van der Waals surface area contributed by atoms with Gasteiger partial charge in [-0.25, -0.2) is 4.98 Å². The Morgan fingerprint density at radius 3 is 1.97 bits per heavy atom. The van der Waals surface area contributed by atoms with Crippen molar-refractivity contribution in [3.8, 4) is 17.1 Å². The third kappa shape index (κ3) is 2.60. The number of para-hydroxylation sites is 4. The first kappa shape index (κ1) is 19.4.